The van der Waals surface area contributed by atoms with E-state index in [9.17, 15) is 8.42 Å². The fourth-order valence-corrected chi connectivity index (χ4v) is 5.17. The molecule has 0 radical (unpaired) electrons. The van der Waals surface area contributed by atoms with E-state index in [0.29, 0.717) is 12.3 Å². The highest BCUT2D eigenvalue weighted by molar-refractivity contribution is 14.1. The third-order valence-corrected chi connectivity index (χ3v) is 6.80. The van der Waals surface area contributed by atoms with Crippen LogP contribution in [0.5, 0.6) is 5.75 Å². The molecule has 130 valence electrons. The predicted octanol–water partition coefficient (Wildman–Crippen LogP) is 3.82. The van der Waals surface area contributed by atoms with Crippen LogP contribution >= 0.6 is 34.4 Å². The van der Waals surface area contributed by atoms with Gasteiger partial charge in [0.15, 0.2) is 0 Å². The van der Waals surface area contributed by atoms with Gasteiger partial charge in [0.05, 0.1) is 15.6 Å². The third-order valence-electron chi connectivity index (χ3n) is 3.49. The van der Waals surface area contributed by atoms with Crippen molar-refractivity contribution in [2.24, 2.45) is 0 Å². The topological polar surface area (TPSA) is 55.4 Å². The first-order valence-corrected chi connectivity index (χ1v) is 11.1. The van der Waals surface area contributed by atoms with E-state index in [1.54, 1.807) is 37.1 Å². The lowest BCUT2D eigenvalue weighted by atomic mass is 10.1. The maximum atomic E-state index is 12.3. The first kappa shape index (κ1) is 19.6. The molecular weight excluding hydrogens is 457 g/mol. The molecule has 2 aromatic carbocycles. The average Bonchev–Trinajstić information content (AvgIpc) is 2.56. The van der Waals surface area contributed by atoms with Gasteiger partial charge in [-0.25, -0.2) is 13.1 Å². The molecule has 0 saturated heterocycles. The van der Waals surface area contributed by atoms with Crippen LogP contribution in [0.3, 0.4) is 0 Å². The molecule has 0 atom stereocenters. The molecule has 0 unspecified atom stereocenters. The quantitative estimate of drug-likeness (QED) is 0.464. The summed E-state index contributed by atoms with van der Waals surface area (Å²) in [5.74, 6) is 2.28. The second-order valence-corrected chi connectivity index (χ2v) is 9.21. The first-order valence-electron chi connectivity index (χ1n) is 7.39. The van der Waals surface area contributed by atoms with Gasteiger partial charge in [-0.2, -0.15) is 11.8 Å². The van der Waals surface area contributed by atoms with Crippen LogP contribution in [0.25, 0.3) is 0 Å². The number of nitrogens with one attached hydrogen (secondary N) is 1. The van der Waals surface area contributed by atoms with Crippen LogP contribution in [0.2, 0.25) is 0 Å². The van der Waals surface area contributed by atoms with Crippen molar-refractivity contribution in [1.82, 2.24) is 4.72 Å². The highest BCUT2D eigenvalue weighted by Crippen LogP contribution is 2.23. The lowest BCUT2D eigenvalue weighted by Gasteiger charge is -2.09. The Morgan fingerprint density at radius 3 is 2.62 bits per heavy atom. The fourth-order valence-electron chi connectivity index (χ4n) is 2.10. The fraction of sp³-hybridized carbons (Fsp3) is 0.294. The normalized spacial score (nSPS) is 11.5. The molecule has 2 aromatic rings. The molecule has 1 N–H and O–H groups in total. The Morgan fingerprint density at radius 1 is 1.21 bits per heavy atom. The Hall–Kier alpha value is -0.770. The van der Waals surface area contributed by atoms with E-state index in [4.69, 9.17) is 4.74 Å². The molecule has 0 saturated carbocycles. The molecule has 2 rings (SSSR count). The molecule has 0 aliphatic carbocycles. The number of hydrogen-bond acceptors (Lipinski definition) is 4. The zero-order valence-electron chi connectivity index (χ0n) is 13.6. The highest BCUT2D eigenvalue weighted by Gasteiger charge is 2.15. The molecule has 0 aliphatic rings. The van der Waals surface area contributed by atoms with Crippen LogP contribution in [0.1, 0.15) is 11.1 Å². The Bertz CT molecular complexity index is 794. The van der Waals surface area contributed by atoms with Gasteiger partial charge in [0.25, 0.3) is 0 Å². The summed E-state index contributed by atoms with van der Waals surface area (Å²) in [6.45, 7) is 2.49. The molecule has 0 amide bonds. The first-order chi connectivity index (χ1) is 11.4. The second kappa shape index (κ2) is 9.07. The summed E-state index contributed by atoms with van der Waals surface area (Å²) in [5, 5.41) is 0. The Kier molecular flexibility index (Phi) is 7.39. The summed E-state index contributed by atoms with van der Waals surface area (Å²) in [5.41, 5.74) is 2.55. The second-order valence-electron chi connectivity index (χ2n) is 5.17. The maximum absolute atomic E-state index is 12.3. The summed E-state index contributed by atoms with van der Waals surface area (Å²) in [6.07, 6.45) is 0. The van der Waals surface area contributed by atoms with Gasteiger partial charge in [0, 0.05) is 18.1 Å². The number of hydrogen-bond donors (Lipinski definition) is 1. The standard InChI is InChI=1S/C17H20INO3S2/c1-13-5-3-4-6-14(13)12-23-10-9-19-24(20,21)15-7-8-17(22-2)16(18)11-15/h3-8,11,19H,9-10,12H2,1-2H3. The molecule has 4 nitrogen and oxygen atoms in total. The summed E-state index contributed by atoms with van der Waals surface area (Å²) in [6, 6.07) is 13.1. The van der Waals surface area contributed by atoms with Crippen molar-refractivity contribution in [3.63, 3.8) is 0 Å². The Morgan fingerprint density at radius 2 is 1.96 bits per heavy atom. The SMILES string of the molecule is COc1ccc(S(=O)(=O)NCCSCc2ccccc2C)cc1I. The minimum Gasteiger partial charge on any atom is -0.496 e. The Labute approximate surface area is 161 Å². The van der Waals surface area contributed by atoms with E-state index < -0.39 is 10.0 Å². The van der Waals surface area contributed by atoms with Gasteiger partial charge in [0.1, 0.15) is 5.75 Å². The number of methoxy groups -OCH3 is 1. The van der Waals surface area contributed by atoms with Gasteiger partial charge in [-0.1, -0.05) is 24.3 Å². The molecule has 0 aromatic heterocycles. The van der Waals surface area contributed by atoms with E-state index in [1.165, 1.54) is 11.1 Å². The highest BCUT2D eigenvalue weighted by atomic mass is 127. The molecular formula is C17H20INO3S2. The molecule has 0 spiro atoms. The molecule has 0 bridgehead atoms. The van der Waals surface area contributed by atoms with Crippen molar-refractivity contribution < 1.29 is 13.2 Å². The van der Waals surface area contributed by atoms with Crippen LogP contribution < -0.4 is 9.46 Å². The Balaban J connectivity index is 1.85. The lowest BCUT2D eigenvalue weighted by molar-refractivity contribution is 0.411. The molecule has 7 heteroatoms. The van der Waals surface area contributed by atoms with Crippen molar-refractivity contribution in [2.45, 2.75) is 17.6 Å². The predicted molar refractivity (Wildman–Crippen MR) is 108 cm³/mol. The van der Waals surface area contributed by atoms with Crippen molar-refractivity contribution in [3.05, 3.63) is 57.2 Å². The number of halogens is 1. The summed E-state index contributed by atoms with van der Waals surface area (Å²) in [7, 11) is -1.92. The van der Waals surface area contributed by atoms with E-state index >= 15 is 0 Å². The molecule has 0 fully saturated rings. The van der Waals surface area contributed by atoms with Crippen LogP contribution in [0.4, 0.5) is 0 Å². The van der Waals surface area contributed by atoms with Crippen LogP contribution in [0.15, 0.2) is 47.4 Å². The molecule has 24 heavy (non-hydrogen) atoms. The summed E-state index contributed by atoms with van der Waals surface area (Å²) in [4.78, 5) is 0.261. The van der Waals surface area contributed by atoms with Crippen molar-refractivity contribution in [3.8, 4) is 5.75 Å². The number of sulfonamides is 1. The van der Waals surface area contributed by atoms with Crippen molar-refractivity contribution in [2.75, 3.05) is 19.4 Å². The number of ether oxygens (including phenoxy) is 1. The van der Waals surface area contributed by atoms with Crippen LogP contribution in [-0.2, 0) is 15.8 Å². The van der Waals surface area contributed by atoms with E-state index in [1.807, 2.05) is 12.1 Å². The number of thioether (sulfide) groups is 1. The van der Waals surface area contributed by atoms with Gasteiger partial charge < -0.3 is 4.74 Å². The van der Waals surface area contributed by atoms with Gasteiger partial charge in [-0.05, 0) is 58.8 Å². The van der Waals surface area contributed by atoms with Crippen LogP contribution in [-0.4, -0.2) is 27.8 Å². The summed E-state index contributed by atoms with van der Waals surface area (Å²) >= 11 is 3.78. The van der Waals surface area contributed by atoms with E-state index in [0.717, 1.165) is 15.1 Å². The van der Waals surface area contributed by atoms with Gasteiger partial charge in [-0.15, -0.1) is 0 Å². The molecule has 0 heterocycles. The van der Waals surface area contributed by atoms with Gasteiger partial charge in [0.2, 0.25) is 10.0 Å². The van der Waals surface area contributed by atoms with E-state index in [2.05, 4.69) is 46.4 Å². The lowest BCUT2D eigenvalue weighted by Crippen LogP contribution is -2.26. The number of rotatable bonds is 8. The zero-order chi connectivity index (χ0) is 17.6. The number of aryl methyl sites for hydroxylation is 1. The minimum atomic E-state index is -3.48. The molecule has 0 aliphatic heterocycles. The van der Waals surface area contributed by atoms with E-state index in [-0.39, 0.29) is 4.90 Å². The summed E-state index contributed by atoms with van der Waals surface area (Å²) < 4.78 is 33.2. The number of benzene rings is 2. The van der Waals surface area contributed by atoms with Crippen molar-refractivity contribution >= 4 is 44.4 Å². The maximum Gasteiger partial charge on any atom is 0.240 e. The van der Waals surface area contributed by atoms with Crippen LogP contribution in [0, 0.1) is 10.5 Å². The van der Waals surface area contributed by atoms with Gasteiger partial charge >= 0.3 is 0 Å². The van der Waals surface area contributed by atoms with Crippen molar-refractivity contribution in [1.29, 1.82) is 0 Å². The van der Waals surface area contributed by atoms with Gasteiger partial charge in [-0.3, -0.25) is 0 Å². The zero-order valence-corrected chi connectivity index (χ0v) is 17.4. The smallest absolute Gasteiger partial charge is 0.240 e. The average molecular weight is 477 g/mol. The monoisotopic (exact) mass is 477 g/mol. The minimum absolute atomic E-state index is 0.261. The largest absolute Gasteiger partial charge is 0.496 e. The third kappa shape index (κ3) is 5.37.